The van der Waals surface area contributed by atoms with Crippen LogP contribution in [0.5, 0.6) is 5.75 Å². The number of halogens is 3. The maximum atomic E-state index is 15.1. The molecule has 3 aromatic carbocycles. The Morgan fingerprint density at radius 1 is 0.977 bits per heavy atom. The van der Waals surface area contributed by atoms with E-state index in [-0.39, 0.29) is 23.3 Å². The second-order valence-corrected chi connectivity index (χ2v) is 13.0. The number of likely N-dealkylation sites (tertiary alicyclic amines) is 1. The molecule has 1 amide bonds. The Labute approximate surface area is 261 Å². The number of hydrogen-bond acceptors (Lipinski definition) is 4. The largest absolute Gasteiger partial charge is 0.493 e. The van der Waals surface area contributed by atoms with Gasteiger partial charge in [-0.2, -0.15) is 0 Å². The zero-order chi connectivity index (χ0) is 30.1. The van der Waals surface area contributed by atoms with Crippen molar-refractivity contribution >= 4 is 35.1 Å². The van der Waals surface area contributed by atoms with Gasteiger partial charge >= 0.3 is 5.97 Å². The summed E-state index contributed by atoms with van der Waals surface area (Å²) in [6.07, 6.45) is 4.34. The molecule has 9 heteroatoms. The van der Waals surface area contributed by atoms with Crippen molar-refractivity contribution in [2.24, 2.45) is 11.8 Å². The number of rotatable bonds is 13. The molecule has 0 radical (unpaired) electrons. The molecule has 2 saturated carbocycles. The maximum Gasteiger partial charge on any atom is 0.326 e. The number of hydrogen-bond donors (Lipinski definition) is 2. The lowest BCUT2D eigenvalue weighted by Crippen LogP contribution is -2.49. The lowest BCUT2D eigenvalue weighted by molar-refractivity contribution is -0.139. The van der Waals surface area contributed by atoms with E-state index in [1.54, 1.807) is 12.1 Å². The van der Waals surface area contributed by atoms with Crippen molar-refractivity contribution in [1.29, 1.82) is 0 Å². The second kappa shape index (κ2) is 12.8. The summed E-state index contributed by atoms with van der Waals surface area (Å²) in [4.78, 5) is 26.8. The average Bonchev–Trinajstić information content (AvgIpc) is 3.87. The summed E-state index contributed by atoms with van der Waals surface area (Å²) in [6.45, 7) is 3.15. The summed E-state index contributed by atoms with van der Waals surface area (Å²) < 4.78 is 21.3. The summed E-state index contributed by atoms with van der Waals surface area (Å²) >= 11 is 12.7. The van der Waals surface area contributed by atoms with Crippen molar-refractivity contribution < 1.29 is 23.8 Å². The maximum absolute atomic E-state index is 15.1. The molecule has 3 aliphatic rings. The van der Waals surface area contributed by atoms with E-state index in [4.69, 9.17) is 27.9 Å². The first-order valence-corrected chi connectivity index (χ1v) is 15.7. The predicted molar refractivity (Wildman–Crippen MR) is 165 cm³/mol. The number of ether oxygens (including phenoxy) is 1. The van der Waals surface area contributed by atoms with E-state index in [0.29, 0.717) is 28.3 Å². The number of carboxylic acids is 1. The van der Waals surface area contributed by atoms with E-state index >= 15 is 4.39 Å². The Kier molecular flexibility index (Phi) is 8.94. The van der Waals surface area contributed by atoms with Gasteiger partial charge in [-0.3, -0.25) is 4.79 Å². The molecule has 1 aliphatic heterocycles. The molecule has 226 valence electrons. The zero-order valence-electron chi connectivity index (χ0n) is 23.8. The molecule has 0 unspecified atom stereocenters. The van der Waals surface area contributed by atoms with Gasteiger partial charge in [0, 0.05) is 41.0 Å². The van der Waals surface area contributed by atoms with Gasteiger partial charge in [0.15, 0.2) is 0 Å². The molecule has 0 spiro atoms. The van der Waals surface area contributed by atoms with Crippen molar-refractivity contribution in [3.05, 3.63) is 98.8 Å². The minimum Gasteiger partial charge on any atom is -0.493 e. The highest BCUT2D eigenvalue weighted by Crippen LogP contribution is 2.45. The van der Waals surface area contributed by atoms with Crippen LogP contribution < -0.4 is 10.1 Å². The van der Waals surface area contributed by atoms with Crippen LogP contribution in [-0.2, 0) is 4.79 Å². The molecule has 2 atom stereocenters. The molecule has 0 aromatic heterocycles. The molecule has 3 aromatic rings. The first-order chi connectivity index (χ1) is 20.7. The number of carboxylic acid groups (broad SMARTS) is 1. The summed E-state index contributed by atoms with van der Waals surface area (Å²) in [5.74, 6) is -1.35. The number of nitrogens with zero attached hydrogens (tertiary/aromatic N) is 1. The minimum absolute atomic E-state index is 0.0865. The lowest BCUT2D eigenvalue weighted by atomic mass is 9.87. The van der Waals surface area contributed by atoms with Crippen LogP contribution in [0, 0.1) is 17.7 Å². The van der Waals surface area contributed by atoms with Gasteiger partial charge in [-0.1, -0.05) is 53.5 Å². The van der Waals surface area contributed by atoms with Crippen molar-refractivity contribution in [1.82, 2.24) is 10.2 Å². The molecule has 43 heavy (non-hydrogen) atoms. The Morgan fingerprint density at radius 2 is 1.67 bits per heavy atom. The third-order valence-corrected chi connectivity index (χ3v) is 9.17. The van der Waals surface area contributed by atoms with Crippen LogP contribution in [0.1, 0.15) is 71.0 Å². The molecule has 1 heterocycles. The molecule has 3 fully saturated rings. The highest BCUT2D eigenvalue weighted by molar-refractivity contribution is 6.34. The molecule has 6 rings (SSSR count). The van der Waals surface area contributed by atoms with E-state index in [0.717, 1.165) is 62.9 Å². The lowest BCUT2D eigenvalue weighted by Gasteiger charge is -2.40. The van der Waals surface area contributed by atoms with E-state index < -0.39 is 23.7 Å². The fraction of sp³-hybridized carbons (Fsp3) is 0.412. The van der Waals surface area contributed by atoms with Gasteiger partial charge in [0.2, 0.25) is 0 Å². The van der Waals surface area contributed by atoms with Gasteiger partial charge < -0.3 is 20.1 Å². The fourth-order valence-electron chi connectivity index (χ4n) is 6.09. The molecular weight excluding hydrogens is 590 g/mol. The van der Waals surface area contributed by atoms with E-state index in [2.05, 4.69) is 22.3 Å². The second-order valence-electron chi connectivity index (χ2n) is 12.2. The number of benzene rings is 3. The zero-order valence-corrected chi connectivity index (χ0v) is 25.3. The number of nitrogens with one attached hydrogen (secondary N) is 1. The third kappa shape index (κ3) is 7.34. The Balaban J connectivity index is 1.05. The molecule has 6 nitrogen and oxygen atoms in total. The third-order valence-electron chi connectivity index (χ3n) is 8.74. The normalized spacial score (nSPS) is 18.5. The van der Waals surface area contributed by atoms with Gasteiger partial charge in [0.25, 0.3) is 5.91 Å². The van der Waals surface area contributed by atoms with E-state index in [1.807, 2.05) is 30.3 Å². The fourth-order valence-corrected chi connectivity index (χ4v) is 6.63. The van der Waals surface area contributed by atoms with Crippen LogP contribution in [0.25, 0.3) is 0 Å². The molecule has 2 N–H and O–H groups in total. The molecule has 0 bridgehead atoms. The predicted octanol–water partition coefficient (Wildman–Crippen LogP) is 7.14. The van der Waals surface area contributed by atoms with Gasteiger partial charge in [-0.15, -0.1) is 0 Å². The minimum atomic E-state index is -1.09. The van der Waals surface area contributed by atoms with Gasteiger partial charge in [-0.05, 0) is 91.4 Å². The topological polar surface area (TPSA) is 78.9 Å². The SMILES string of the molecule is O=C(N[C@H](C(=O)O)C1CC1)c1cc(C2CC2)c(OCC2CN(CC[C@@H](c3ccccc3)c3cc(Cl)cc(Cl)c3)C2)cc1F. The monoisotopic (exact) mass is 624 g/mol. The Bertz CT molecular complexity index is 1470. The van der Waals surface area contributed by atoms with E-state index in [9.17, 15) is 14.7 Å². The van der Waals surface area contributed by atoms with Gasteiger partial charge in [0.1, 0.15) is 17.6 Å². The van der Waals surface area contributed by atoms with Crippen LogP contribution in [0.15, 0.2) is 60.7 Å². The van der Waals surface area contributed by atoms with Crippen LogP contribution in [0.3, 0.4) is 0 Å². The number of aliphatic carboxylic acids is 1. The Hall–Kier alpha value is -3.13. The summed E-state index contributed by atoms with van der Waals surface area (Å²) in [5.41, 5.74) is 3.03. The highest BCUT2D eigenvalue weighted by Gasteiger charge is 2.38. The van der Waals surface area contributed by atoms with Gasteiger partial charge in [0.05, 0.1) is 12.2 Å². The highest BCUT2D eigenvalue weighted by atomic mass is 35.5. The van der Waals surface area contributed by atoms with Crippen molar-refractivity contribution in [2.75, 3.05) is 26.2 Å². The average molecular weight is 626 g/mol. The smallest absolute Gasteiger partial charge is 0.326 e. The Morgan fingerprint density at radius 3 is 2.30 bits per heavy atom. The van der Waals surface area contributed by atoms with E-state index in [1.165, 1.54) is 11.6 Å². The standard InChI is InChI=1S/C34H35Cl2FN2O4/c35-25-12-24(13-26(36)14-25)27(21-4-2-1-3-5-21)10-11-39-17-20(18-39)19-43-31-16-30(37)29(15-28(31)22-6-7-22)33(40)38-32(34(41)42)23-8-9-23/h1-5,12-16,20,22-23,27,32H,6-11,17-19H2,(H,38,40)(H,41,42)/t27-,32-/m0/s1. The quantitative estimate of drug-likeness (QED) is 0.211. The van der Waals surface area contributed by atoms with Crippen molar-refractivity contribution in [3.63, 3.8) is 0 Å². The van der Waals surface area contributed by atoms with Crippen LogP contribution >= 0.6 is 23.2 Å². The summed E-state index contributed by atoms with van der Waals surface area (Å²) in [6, 6.07) is 18.0. The van der Waals surface area contributed by atoms with Crippen molar-refractivity contribution in [3.8, 4) is 5.75 Å². The van der Waals surface area contributed by atoms with Crippen molar-refractivity contribution in [2.45, 2.75) is 50.0 Å². The molecule has 1 saturated heterocycles. The summed E-state index contributed by atoms with van der Waals surface area (Å²) in [5, 5.41) is 13.2. The first kappa shape index (κ1) is 29.9. The van der Waals surface area contributed by atoms with Crippen LogP contribution in [0.2, 0.25) is 10.0 Å². The van der Waals surface area contributed by atoms with Gasteiger partial charge in [-0.25, -0.2) is 9.18 Å². The number of carbonyl (C=O) groups excluding carboxylic acids is 1. The molecular formula is C34H35Cl2FN2O4. The van der Waals surface area contributed by atoms with Crippen LogP contribution in [-0.4, -0.2) is 54.2 Å². The number of carbonyl (C=O) groups is 2. The number of amides is 1. The first-order valence-electron chi connectivity index (χ1n) is 15.0. The molecule has 2 aliphatic carbocycles. The van der Waals surface area contributed by atoms with Crippen LogP contribution in [0.4, 0.5) is 4.39 Å². The summed E-state index contributed by atoms with van der Waals surface area (Å²) in [7, 11) is 0.